The molecule has 5 nitrogen and oxygen atoms in total. The van der Waals surface area contributed by atoms with E-state index in [-0.39, 0.29) is 28.5 Å². The minimum atomic E-state index is -4.71. The standard InChI is InChI=1S/C29H25F6N3O2/c1-2-40-28(39)18-5-4-12-37(15-18)20-10-8-17(9-11-20)27-21-6-3-7-23(29(33,34)35)26(21)36-38(27)16-22-24(31)13-19(30)14-25(22)32/h3,6-11,13-14,18H,2,4-5,12,15-16H2,1H3. The van der Waals surface area contributed by atoms with Crippen molar-refractivity contribution >= 4 is 22.6 Å². The normalized spacial score (nSPS) is 16.0. The number of rotatable bonds is 6. The first-order chi connectivity index (χ1) is 19.1. The van der Waals surface area contributed by atoms with Crippen LogP contribution in [0.25, 0.3) is 22.2 Å². The van der Waals surface area contributed by atoms with Crippen LogP contribution >= 0.6 is 0 Å². The second-order valence-corrected chi connectivity index (χ2v) is 9.64. The lowest BCUT2D eigenvalue weighted by Gasteiger charge is -2.33. The highest BCUT2D eigenvalue weighted by molar-refractivity contribution is 5.95. The van der Waals surface area contributed by atoms with Gasteiger partial charge in [-0.25, -0.2) is 13.2 Å². The van der Waals surface area contributed by atoms with Gasteiger partial charge in [-0.2, -0.15) is 18.3 Å². The van der Waals surface area contributed by atoms with Gasteiger partial charge in [-0.3, -0.25) is 9.48 Å². The SMILES string of the molecule is CCOC(=O)C1CCCN(c2ccc(-c3c4cccc(C(F)(F)F)c4nn3Cc3c(F)cc(F)cc3F)cc2)C1. The molecule has 1 saturated heterocycles. The number of aromatic nitrogens is 2. The van der Waals surface area contributed by atoms with Crippen LogP contribution in [0.3, 0.4) is 0 Å². The molecule has 0 N–H and O–H groups in total. The fourth-order valence-corrected chi connectivity index (χ4v) is 5.17. The molecule has 1 aromatic heterocycles. The Balaban J connectivity index is 1.56. The summed E-state index contributed by atoms with van der Waals surface area (Å²) in [6.45, 7) is 2.68. The fourth-order valence-electron chi connectivity index (χ4n) is 5.17. The predicted octanol–water partition coefficient (Wildman–Crippen LogP) is 6.97. The van der Waals surface area contributed by atoms with Crippen LogP contribution in [-0.2, 0) is 22.3 Å². The number of carbonyl (C=O) groups excluding carboxylic acids is 1. The molecule has 0 amide bonds. The maximum absolute atomic E-state index is 14.5. The Labute approximate surface area is 226 Å². The Bertz CT molecular complexity index is 1530. The maximum atomic E-state index is 14.5. The summed E-state index contributed by atoms with van der Waals surface area (Å²) in [6.07, 6.45) is -3.20. The van der Waals surface area contributed by atoms with Crippen molar-refractivity contribution in [3.63, 3.8) is 0 Å². The van der Waals surface area contributed by atoms with Gasteiger partial charge in [0, 0.05) is 47.4 Å². The molecule has 1 fully saturated rings. The van der Waals surface area contributed by atoms with Crippen molar-refractivity contribution in [1.82, 2.24) is 9.78 Å². The van der Waals surface area contributed by atoms with Crippen LogP contribution in [0.15, 0.2) is 54.6 Å². The molecule has 0 radical (unpaired) electrons. The Hall–Kier alpha value is -4.02. The van der Waals surface area contributed by atoms with Crippen molar-refractivity contribution in [2.24, 2.45) is 5.92 Å². The quantitative estimate of drug-likeness (QED) is 0.189. The van der Waals surface area contributed by atoms with Gasteiger partial charge in [0.2, 0.25) is 0 Å². The summed E-state index contributed by atoms with van der Waals surface area (Å²) < 4.78 is 90.2. The number of nitrogens with zero attached hydrogens (tertiary/aromatic N) is 3. The monoisotopic (exact) mass is 561 g/mol. The number of alkyl halides is 3. The number of esters is 1. The van der Waals surface area contributed by atoms with Crippen molar-refractivity contribution in [2.45, 2.75) is 32.5 Å². The average molecular weight is 562 g/mol. The Morgan fingerprint density at radius 1 is 1.05 bits per heavy atom. The van der Waals surface area contributed by atoms with Crippen molar-refractivity contribution in [1.29, 1.82) is 0 Å². The first-order valence-electron chi connectivity index (χ1n) is 12.8. The molecule has 0 aliphatic carbocycles. The molecule has 0 saturated carbocycles. The summed E-state index contributed by atoms with van der Waals surface area (Å²) in [4.78, 5) is 14.3. The highest BCUT2D eigenvalue weighted by atomic mass is 19.4. The van der Waals surface area contributed by atoms with E-state index in [4.69, 9.17) is 4.74 Å². The lowest BCUT2D eigenvalue weighted by molar-refractivity contribution is -0.148. The van der Waals surface area contributed by atoms with Crippen LogP contribution in [0.4, 0.5) is 32.0 Å². The van der Waals surface area contributed by atoms with E-state index in [1.165, 1.54) is 12.1 Å². The van der Waals surface area contributed by atoms with E-state index in [2.05, 4.69) is 5.10 Å². The van der Waals surface area contributed by atoms with E-state index in [0.29, 0.717) is 37.4 Å². The highest BCUT2D eigenvalue weighted by Gasteiger charge is 2.35. The Morgan fingerprint density at radius 3 is 2.40 bits per heavy atom. The van der Waals surface area contributed by atoms with Gasteiger partial charge in [-0.05, 0) is 38.0 Å². The number of carbonyl (C=O) groups is 1. The van der Waals surface area contributed by atoms with Gasteiger partial charge in [-0.1, -0.05) is 24.3 Å². The number of hydrogen-bond acceptors (Lipinski definition) is 4. The molecule has 210 valence electrons. The zero-order chi connectivity index (χ0) is 28.6. The molecule has 1 aliphatic heterocycles. The first kappa shape index (κ1) is 27.5. The third-order valence-electron chi connectivity index (χ3n) is 7.04. The van der Waals surface area contributed by atoms with Crippen LogP contribution < -0.4 is 4.90 Å². The third kappa shape index (κ3) is 5.37. The summed E-state index contributed by atoms with van der Waals surface area (Å²) in [7, 11) is 0. The molecule has 1 aliphatic rings. The van der Waals surface area contributed by atoms with Gasteiger partial charge in [0.25, 0.3) is 0 Å². The number of fused-ring (bicyclic) bond motifs is 1. The van der Waals surface area contributed by atoms with E-state index >= 15 is 0 Å². The van der Waals surface area contributed by atoms with Crippen LogP contribution in [-0.4, -0.2) is 35.4 Å². The van der Waals surface area contributed by atoms with Crippen molar-refractivity contribution in [3.8, 4) is 11.3 Å². The van der Waals surface area contributed by atoms with E-state index in [1.54, 1.807) is 31.2 Å². The molecule has 0 spiro atoms. The number of ether oxygens (including phenoxy) is 1. The molecule has 40 heavy (non-hydrogen) atoms. The smallest absolute Gasteiger partial charge is 0.418 e. The van der Waals surface area contributed by atoms with Crippen LogP contribution in [0, 0.1) is 23.4 Å². The van der Waals surface area contributed by atoms with E-state index in [9.17, 15) is 31.1 Å². The third-order valence-corrected chi connectivity index (χ3v) is 7.04. The van der Waals surface area contributed by atoms with Gasteiger partial charge in [-0.15, -0.1) is 0 Å². The number of halogens is 6. The molecule has 4 aromatic rings. The molecule has 1 unspecified atom stereocenters. The lowest BCUT2D eigenvalue weighted by Crippen LogP contribution is -2.39. The first-order valence-corrected chi connectivity index (χ1v) is 12.8. The Kier molecular flexibility index (Phi) is 7.48. The van der Waals surface area contributed by atoms with E-state index in [0.717, 1.165) is 29.3 Å². The second-order valence-electron chi connectivity index (χ2n) is 9.64. The van der Waals surface area contributed by atoms with Crippen LogP contribution in [0.2, 0.25) is 0 Å². The molecular weight excluding hydrogens is 536 g/mol. The fraction of sp³-hybridized carbons (Fsp3) is 0.310. The largest absolute Gasteiger partial charge is 0.466 e. The number of piperidine rings is 1. The minimum absolute atomic E-state index is 0.144. The highest BCUT2D eigenvalue weighted by Crippen LogP contribution is 2.39. The van der Waals surface area contributed by atoms with Crippen molar-refractivity contribution in [3.05, 3.63) is 83.2 Å². The molecule has 5 rings (SSSR count). The Morgan fingerprint density at radius 2 is 1.75 bits per heavy atom. The zero-order valence-electron chi connectivity index (χ0n) is 21.4. The molecule has 0 bridgehead atoms. The molecule has 11 heteroatoms. The molecular formula is C29H25F6N3O2. The van der Waals surface area contributed by atoms with Gasteiger partial charge >= 0.3 is 12.1 Å². The molecule has 3 aromatic carbocycles. The van der Waals surface area contributed by atoms with E-state index < -0.39 is 41.3 Å². The minimum Gasteiger partial charge on any atom is -0.466 e. The van der Waals surface area contributed by atoms with Crippen LogP contribution in [0.5, 0.6) is 0 Å². The summed E-state index contributed by atoms with van der Waals surface area (Å²) in [5, 5.41) is 4.27. The number of anilines is 1. The number of benzene rings is 3. The average Bonchev–Trinajstić information content (AvgIpc) is 3.28. The summed E-state index contributed by atoms with van der Waals surface area (Å²) in [6, 6.07) is 11.6. The van der Waals surface area contributed by atoms with Crippen molar-refractivity contribution < 1.29 is 35.9 Å². The van der Waals surface area contributed by atoms with Gasteiger partial charge < -0.3 is 9.64 Å². The summed E-state index contributed by atoms with van der Waals surface area (Å²) in [5.74, 6) is -3.96. The van der Waals surface area contributed by atoms with Crippen LogP contribution in [0.1, 0.15) is 30.9 Å². The van der Waals surface area contributed by atoms with Gasteiger partial charge in [0.1, 0.15) is 23.0 Å². The summed E-state index contributed by atoms with van der Waals surface area (Å²) in [5.41, 5.74) is -0.393. The van der Waals surface area contributed by atoms with E-state index in [1.807, 2.05) is 4.90 Å². The van der Waals surface area contributed by atoms with Gasteiger partial charge in [0.15, 0.2) is 0 Å². The zero-order valence-corrected chi connectivity index (χ0v) is 21.4. The molecule has 1 atom stereocenters. The second kappa shape index (κ2) is 10.9. The number of hydrogen-bond donors (Lipinski definition) is 0. The summed E-state index contributed by atoms with van der Waals surface area (Å²) >= 11 is 0. The van der Waals surface area contributed by atoms with Gasteiger partial charge in [0.05, 0.1) is 30.3 Å². The molecule has 2 heterocycles. The lowest BCUT2D eigenvalue weighted by atomic mass is 9.97. The predicted molar refractivity (Wildman–Crippen MR) is 137 cm³/mol. The topological polar surface area (TPSA) is 47.4 Å². The maximum Gasteiger partial charge on any atom is 0.418 e. The van der Waals surface area contributed by atoms with Crippen molar-refractivity contribution in [2.75, 3.05) is 24.6 Å².